The molecule has 2 aliphatic carbocycles. The Labute approximate surface area is 157 Å². The van der Waals surface area contributed by atoms with Crippen LogP contribution in [0.5, 0.6) is 0 Å². The van der Waals surface area contributed by atoms with Crippen molar-refractivity contribution in [2.75, 3.05) is 25.0 Å². The van der Waals surface area contributed by atoms with Crippen molar-refractivity contribution < 1.29 is 9.53 Å². The van der Waals surface area contributed by atoms with Gasteiger partial charge in [-0.25, -0.2) is 4.98 Å². The minimum Gasteiger partial charge on any atom is -0.375 e. The third-order valence-electron chi connectivity index (χ3n) is 6.33. The molecule has 5 rings (SSSR count). The van der Waals surface area contributed by atoms with Crippen LogP contribution < -0.4 is 10.6 Å². The first-order chi connectivity index (χ1) is 13.1. The number of nitrogens with one attached hydrogen (secondary N) is 2. The van der Waals surface area contributed by atoms with Crippen molar-refractivity contribution >= 4 is 22.5 Å². The molecule has 6 nitrogen and oxygen atoms in total. The molecule has 0 bridgehead atoms. The van der Waals surface area contributed by atoms with Crippen molar-refractivity contribution in [3.63, 3.8) is 0 Å². The van der Waals surface area contributed by atoms with E-state index < -0.39 is 0 Å². The second-order valence-corrected chi connectivity index (χ2v) is 8.05. The number of aromatic nitrogens is 1. The number of rotatable bonds is 4. The van der Waals surface area contributed by atoms with E-state index in [-0.39, 0.29) is 22.8 Å². The number of nitriles is 1. The highest BCUT2D eigenvalue weighted by Gasteiger charge is 2.75. The van der Waals surface area contributed by atoms with Crippen molar-refractivity contribution in [1.82, 2.24) is 10.3 Å². The molecule has 27 heavy (non-hydrogen) atoms. The lowest BCUT2D eigenvalue weighted by Gasteiger charge is -2.22. The van der Waals surface area contributed by atoms with E-state index in [2.05, 4.69) is 33.8 Å². The average Bonchev–Trinajstić information content (AvgIpc) is 3.60. The molecule has 138 valence electrons. The molecular formula is C21H22N4O2. The van der Waals surface area contributed by atoms with Gasteiger partial charge in [0, 0.05) is 24.7 Å². The average molecular weight is 362 g/mol. The number of hydrogen-bond acceptors (Lipinski definition) is 5. The summed E-state index contributed by atoms with van der Waals surface area (Å²) in [4.78, 5) is 16.6. The lowest BCUT2D eigenvalue weighted by molar-refractivity contribution is -0.119. The number of carbonyl (C=O) groups is 1. The van der Waals surface area contributed by atoms with Crippen LogP contribution in [0.4, 0.5) is 5.82 Å². The first kappa shape index (κ1) is 16.7. The Kier molecular flexibility index (Phi) is 3.71. The fraction of sp³-hybridized carbons (Fsp3) is 0.476. The lowest BCUT2D eigenvalue weighted by Crippen LogP contribution is -2.40. The summed E-state index contributed by atoms with van der Waals surface area (Å²) in [6, 6.07) is 10.6. The van der Waals surface area contributed by atoms with Gasteiger partial charge in [-0.05, 0) is 47.8 Å². The van der Waals surface area contributed by atoms with E-state index in [4.69, 9.17) is 4.74 Å². The molecule has 1 spiro atoms. The number of pyridine rings is 1. The van der Waals surface area contributed by atoms with E-state index in [9.17, 15) is 10.1 Å². The number of nitrogens with zero attached hydrogens (tertiary/aromatic N) is 2. The van der Waals surface area contributed by atoms with Gasteiger partial charge in [-0.1, -0.05) is 12.1 Å². The molecule has 1 aliphatic heterocycles. The molecule has 1 saturated heterocycles. The third kappa shape index (κ3) is 2.78. The van der Waals surface area contributed by atoms with Crippen LogP contribution in [0.1, 0.15) is 31.2 Å². The summed E-state index contributed by atoms with van der Waals surface area (Å²) in [6.45, 7) is 2.16. The molecule has 3 fully saturated rings. The highest BCUT2D eigenvalue weighted by Crippen LogP contribution is 2.78. The Morgan fingerprint density at radius 1 is 1.37 bits per heavy atom. The number of hydrogen-bond donors (Lipinski definition) is 2. The van der Waals surface area contributed by atoms with Gasteiger partial charge in [-0.15, -0.1) is 0 Å². The predicted octanol–water partition coefficient (Wildman–Crippen LogP) is 2.50. The normalized spacial score (nSPS) is 27.9. The highest BCUT2D eigenvalue weighted by molar-refractivity contribution is 5.93. The highest BCUT2D eigenvalue weighted by atomic mass is 16.5. The molecule has 6 heteroatoms. The zero-order valence-electron chi connectivity index (χ0n) is 15.1. The number of carbonyl (C=O) groups excluding carboxylic acids is 1. The van der Waals surface area contributed by atoms with Crippen molar-refractivity contribution in [1.29, 1.82) is 5.26 Å². The molecule has 1 amide bonds. The summed E-state index contributed by atoms with van der Waals surface area (Å²) in [6.07, 6.45) is 5.29. The summed E-state index contributed by atoms with van der Waals surface area (Å²) >= 11 is 0. The Hall–Kier alpha value is -2.49. The first-order valence-corrected chi connectivity index (χ1v) is 9.58. The molecular weight excluding hydrogens is 340 g/mol. The summed E-state index contributed by atoms with van der Waals surface area (Å²) in [5, 5.41) is 17.9. The summed E-state index contributed by atoms with van der Waals surface area (Å²) in [7, 11) is 0. The van der Waals surface area contributed by atoms with Crippen LogP contribution in [0, 0.1) is 16.7 Å². The summed E-state index contributed by atoms with van der Waals surface area (Å²) in [5.41, 5.74) is 1.03. The zero-order chi connectivity index (χ0) is 18.5. The number of ether oxygens (including phenoxy) is 1. The molecule has 2 atom stereocenters. The van der Waals surface area contributed by atoms with Gasteiger partial charge in [0.15, 0.2) is 0 Å². The fourth-order valence-corrected chi connectivity index (χ4v) is 4.48. The monoisotopic (exact) mass is 362 g/mol. The number of amides is 1. The van der Waals surface area contributed by atoms with Gasteiger partial charge in [0.1, 0.15) is 5.82 Å². The van der Waals surface area contributed by atoms with Gasteiger partial charge in [0.2, 0.25) is 5.91 Å². The van der Waals surface area contributed by atoms with E-state index >= 15 is 0 Å². The summed E-state index contributed by atoms with van der Waals surface area (Å²) in [5.74, 6) is 0.440. The Morgan fingerprint density at radius 3 is 2.96 bits per heavy atom. The molecule has 0 radical (unpaired) electrons. The van der Waals surface area contributed by atoms with Gasteiger partial charge < -0.3 is 15.4 Å². The minimum atomic E-state index is -0.306. The van der Waals surface area contributed by atoms with E-state index in [0.717, 1.165) is 42.1 Å². The molecule has 2 saturated carbocycles. The van der Waals surface area contributed by atoms with Gasteiger partial charge in [0.05, 0.1) is 30.6 Å². The molecule has 3 aliphatic rings. The van der Waals surface area contributed by atoms with Crippen LogP contribution in [0.25, 0.3) is 10.8 Å². The van der Waals surface area contributed by atoms with Crippen LogP contribution in [-0.4, -0.2) is 36.7 Å². The quantitative estimate of drug-likeness (QED) is 0.873. The van der Waals surface area contributed by atoms with Gasteiger partial charge >= 0.3 is 0 Å². The molecule has 2 aromatic rings. The molecule has 2 heterocycles. The van der Waals surface area contributed by atoms with E-state index in [1.807, 2.05) is 12.1 Å². The van der Waals surface area contributed by atoms with E-state index in [0.29, 0.717) is 25.4 Å². The smallest absolute Gasteiger partial charge is 0.228 e. The van der Waals surface area contributed by atoms with Gasteiger partial charge in [-0.3, -0.25) is 4.79 Å². The Bertz CT molecular complexity index is 956. The number of anilines is 1. The molecule has 1 aromatic heterocycles. The fourth-order valence-electron chi connectivity index (χ4n) is 4.48. The van der Waals surface area contributed by atoms with Crippen LogP contribution in [0.15, 0.2) is 30.5 Å². The van der Waals surface area contributed by atoms with Gasteiger partial charge in [0.25, 0.3) is 0 Å². The first-order valence-electron chi connectivity index (χ1n) is 9.58. The second-order valence-electron chi connectivity index (χ2n) is 8.05. The maximum Gasteiger partial charge on any atom is 0.228 e. The maximum absolute atomic E-state index is 12.3. The minimum absolute atomic E-state index is 0.0918. The maximum atomic E-state index is 12.3. The Morgan fingerprint density at radius 2 is 2.26 bits per heavy atom. The van der Waals surface area contributed by atoms with E-state index in [1.165, 1.54) is 0 Å². The van der Waals surface area contributed by atoms with Crippen molar-refractivity contribution in [2.24, 2.45) is 5.41 Å². The van der Waals surface area contributed by atoms with Crippen molar-refractivity contribution in [2.45, 2.75) is 37.2 Å². The number of fused-ring (bicyclic) bond motifs is 1. The SMILES string of the molecule is N#CC1(c2ccc3cnc(NC(=O)CC4CNCCO4)cc3c2)CC12CC2. The zero-order valence-corrected chi connectivity index (χ0v) is 15.1. The third-order valence-corrected chi connectivity index (χ3v) is 6.33. The lowest BCUT2D eigenvalue weighted by atomic mass is 9.92. The van der Waals surface area contributed by atoms with Crippen LogP contribution >= 0.6 is 0 Å². The van der Waals surface area contributed by atoms with Crippen LogP contribution in [-0.2, 0) is 14.9 Å². The Balaban J connectivity index is 1.35. The van der Waals surface area contributed by atoms with Gasteiger partial charge in [-0.2, -0.15) is 5.26 Å². The van der Waals surface area contributed by atoms with Crippen LogP contribution in [0.3, 0.4) is 0 Å². The second kappa shape index (κ2) is 6.01. The standard InChI is InChI=1S/C21H22N4O2/c22-13-21(12-20(21)3-4-20)16-2-1-14-10-24-18(8-15(14)7-16)25-19(26)9-17-11-23-5-6-27-17/h1-2,7-8,10,17,23H,3-6,9,11-12H2,(H,24,25,26). The van der Waals surface area contributed by atoms with Crippen LogP contribution in [0.2, 0.25) is 0 Å². The van der Waals surface area contributed by atoms with E-state index in [1.54, 1.807) is 6.20 Å². The predicted molar refractivity (Wildman–Crippen MR) is 101 cm³/mol. The number of benzene rings is 1. The molecule has 2 unspecified atom stereocenters. The number of morpholine rings is 1. The largest absolute Gasteiger partial charge is 0.375 e. The molecule has 1 aromatic carbocycles. The topological polar surface area (TPSA) is 87.0 Å². The van der Waals surface area contributed by atoms with Crippen molar-refractivity contribution in [3.05, 3.63) is 36.0 Å². The summed E-state index contributed by atoms with van der Waals surface area (Å²) < 4.78 is 5.58. The van der Waals surface area contributed by atoms with Crippen molar-refractivity contribution in [3.8, 4) is 6.07 Å². The molecule has 2 N–H and O–H groups in total.